The van der Waals surface area contributed by atoms with E-state index in [2.05, 4.69) is 5.10 Å². The summed E-state index contributed by atoms with van der Waals surface area (Å²) in [4.78, 5) is 22.8. The normalized spacial score (nSPS) is 17.1. The quantitative estimate of drug-likeness (QED) is 0.736. The zero-order valence-corrected chi connectivity index (χ0v) is 9.58. The number of carbonyl (C=O) groups is 2. The molecule has 1 aliphatic rings. The van der Waals surface area contributed by atoms with Gasteiger partial charge in [0.2, 0.25) is 0 Å². The summed E-state index contributed by atoms with van der Waals surface area (Å²) in [5.74, 6) is -0.598. The lowest BCUT2D eigenvalue weighted by molar-refractivity contribution is -0.144. The fourth-order valence-electron chi connectivity index (χ4n) is 1.50. The Hall–Kier alpha value is -2.17. The van der Waals surface area contributed by atoms with E-state index in [0.717, 1.165) is 5.01 Å². The standard InChI is InChI=1S/C12H12N2O3/c1-8-11(15)12(16)14(13-8)9(2)17-10-6-4-3-5-7-10/h3-7,9H,1-2H3. The Labute approximate surface area is 98.7 Å². The van der Waals surface area contributed by atoms with Gasteiger partial charge in [0.05, 0.1) is 0 Å². The molecule has 0 spiro atoms. The van der Waals surface area contributed by atoms with Gasteiger partial charge in [0.15, 0.2) is 6.23 Å². The molecular weight excluding hydrogens is 220 g/mol. The van der Waals surface area contributed by atoms with Crippen molar-refractivity contribution in [2.75, 3.05) is 0 Å². The molecule has 0 saturated carbocycles. The van der Waals surface area contributed by atoms with Gasteiger partial charge in [-0.2, -0.15) is 10.1 Å². The van der Waals surface area contributed by atoms with Gasteiger partial charge in [-0.3, -0.25) is 9.59 Å². The summed E-state index contributed by atoms with van der Waals surface area (Å²) in [6.07, 6.45) is -0.605. The number of ether oxygens (including phenoxy) is 1. The van der Waals surface area contributed by atoms with Crippen LogP contribution in [0.4, 0.5) is 0 Å². The van der Waals surface area contributed by atoms with Gasteiger partial charge in [-0.15, -0.1) is 0 Å². The van der Waals surface area contributed by atoms with Crippen molar-refractivity contribution >= 4 is 17.4 Å². The molecule has 1 amide bonds. The first kappa shape index (κ1) is 11.3. The van der Waals surface area contributed by atoms with Gasteiger partial charge < -0.3 is 4.74 Å². The Kier molecular flexibility index (Phi) is 2.91. The molecule has 0 saturated heterocycles. The molecule has 2 rings (SSSR count). The number of hydrazone groups is 1. The molecule has 1 unspecified atom stereocenters. The number of amides is 1. The van der Waals surface area contributed by atoms with E-state index >= 15 is 0 Å². The van der Waals surface area contributed by atoms with Crippen LogP contribution in [-0.4, -0.2) is 28.6 Å². The van der Waals surface area contributed by atoms with Crippen LogP contribution in [0.2, 0.25) is 0 Å². The summed E-state index contributed by atoms with van der Waals surface area (Å²) in [7, 11) is 0. The smallest absolute Gasteiger partial charge is 0.319 e. The van der Waals surface area contributed by atoms with E-state index in [1.54, 1.807) is 19.1 Å². The van der Waals surface area contributed by atoms with E-state index in [0.29, 0.717) is 5.75 Å². The predicted molar refractivity (Wildman–Crippen MR) is 61.5 cm³/mol. The van der Waals surface area contributed by atoms with E-state index in [9.17, 15) is 9.59 Å². The SMILES string of the molecule is CC1=NN(C(C)Oc2ccccc2)C(=O)C1=O. The van der Waals surface area contributed by atoms with Crippen LogP contribution < -0.4 is 4.74 Å². The molecule has 1 aromatic rings. The Morgan fingerprint density at radius 1 is 1.24 bits per heavy atom. The maximum absolute atomic E-state index is 11.5. The van der Waals surface area contributed by atoms with Crippen molar-refractivity contribution in [1.29, 1.82) is 0 Å². The molecule has 0 aromatic heterocycles. The van der Waals surface area contributed by atoms with Crippen LogP contribution in [0.15, 0.2) is 35.4 Å². The Morgan fingerprint density at radius 3 is 2.41 bits per heavy atom. The number of benzene rings is 1. The predicted octanol–water partition coefficient (Wildman–Crippen LogP) is 1.20. The van der Waals surface area contributed by atoms with E-state index in [4.69, 9.17) is 4.74 Å². The minimum atomic E-state index is -0.647. The average Bonchev–Trinajstić information content (AvgIpc) is 2.58. The number of carbonyl (C=O) groups excluding carboxylic acids is 2. The number of hydrogen-bond acceptors (Lipinski definition) is 4. The molecule has 5 nitrogen and oxygen atoms in total. The molecule has 0 N–H and O–H groups in total. The first-order chi connectivity index (χ1) is 8.09. The third kappa shape index (κ3) is 2.18. The topological polar surface area (TPSA) is 59.0 Å². The van der Waals surface area contributed by atoms with Gasteiger partial charge in [-0.25, -0.2) is 0 Å². The second kappa shape index (κ2) is 4.37. The van der Waals surface area contributed by atoms with Crippen LogP contribution in [0.5, 0.6) is 5.75 Å². The van der Waals surface area contributed by atoms with Gasteiger partial charge in [0, 0.05) is 0 Å². The van der Waals surface area contributed by atoms with Crippen molar-refractivity contribution in [1.82, 2.24) is 5.01 Å². The summed E-state index contributed by atoms with van der Waals surface area (Å²) < 4.78 is 5.51. The Balaban J connectivity index is 2.10. The molecule has 88 valence electrons. The molecule has 0 radical (unpaired) electrons. The molecule has 17 heavy (non-hydrogen) atoms. The van der Waals surface area contributed by atoms with Crippen molar-refractivity contribution < 1.29 is 14.3 Å². The van der Waals surface area contributed by atoms with Crippen LogP contribution in [0.1, 0.15) is 13.8 Å². The highest BCUT2D eigenvalue weighted by atomic mass is 16.5. The van der Waals surface area contributed by atoms with Gasteiger partial charge >= 0.3 is 5.91 Å². The summed E-state index contributed by atoms with van der Waals surface area (Å²) in [5, 5.41) is 4.93. The zero-order valence-electron chi connectivity index (χ0n) is 9.58. The largest absolute Gasteiger partial charge is 0.469 e. The summed E-state index contributed by atoms with van der Waals surface area (Å²) in [5.41, 5.74) is 0.193. The number of ketones is 1. The monoisotopic (exact) mass is 232 g/mol. The first-order valence-corrected chi connectivity index (χ1v) is 5.24. The minimum absolute atomic E-state index is 0.193. The van der Waals surface area contributed by atoms with E-state index in [1.807, 2.05) is 18.2 Å². The highest BCUT2D eigenvalue weighted by Gasteiger charge is 2.35. The summed E-state index contributed by atoms with van der Waals surface area (Å²) in [6.45, 7) is 3.18. The van der Waals surface area contributed by atoms with Gasteiger partial charge in [0.25, 0.3) is 5.78 Å². The molecule has 1 aliphatic heterocycles. The van der Waals surface area contributed by atoms with E-state index < -0.39 is 17.9 Å². The van der Waals surface area contributed by atoms with Crippen molar-refractivity contribution in [3.63, 3.8) is 0 Å². The summed E-state index contributed by atoms with van der Waals surface area (Å²) >= 11 is 0. The molecule has 1 aromatic carbocycles. The summed E-state index contributed by atoms with van der Waals surface area (Å²) in [6, 6.07) is 9.07. The van der Waals surface area contributed by atoms with Crippen molar-refractivity contribution in [2.45, 2.75) is 20.1 Å². The molecule has 1 atom stereocenters. The number of Topliss-reactive ketones (excluding diaryl/α,β-unsaturated/α-hetero) is 1. The highest BCUT2D eigenvalue weighted by Crippen LogP contribution is 2.16. The number of hydrogen-bond donors (Lipinski definition) is 0. The third-order valence-electron chi connectivity index (χ3n) is 2.38. The lowest BCUT2D eigenvalue weighted by Gasteiger charge is -2.20. The van der Waals surface area contributed by atoms with Crippen molar-refractivity contribution in [3.8, 4) is 5.75 Å². The lowest BCUT2D eigenvalue weighted by atomic mass is 10.3. The molecule has 1 heterocycles. The molecule has 0 aliphatic carbocycles. The van der Waals surface area contributed by atoms with Crippen LogP contribution in [0.3, 0.4) is 0 Å². The molecule has 0 bridgehead atoms. The fourth-order valence-corrected chi connectivity index (χ4v) is 1.50. The van der Waals surface area contributed by atoms with Gasteiger partial charge in [0.1, 0.15) is 11.5 Å². The third-order valence-corrected chi connectivity index (χ3v) is 2.38. The number of nitrogens with zero attached hydrogens (tertiary/aromatic N) is 2. The second-order valence-electron chi connectivity index (χ2n) is 3.69. The highest BCUT2D eigenvalue weighted by molar-refractivity contribution is 6.66. The minimum Gasteiger partial charge on any atom is -0.469 e. The molecule has 0 fully saturated rings. The first-order valence-electron chi connectivity index (χ1n) is 5.24. The second-order valence-corrected chi connectivity index (χ2v) is 3.69. The Bertz CT molecular complexity index is 482. The van der Waals surface area contributed by atoms with Crippen LogP contribution >= 0.6 is 0 Å². The average molecular weight is 232 g/mol. The van der Waals surface area contributed by atoms with Crippen LogP contribution in [-0.2, 0) is 9.59 Å². The van der Waals surface area contributed by atoms with Crippen LogP contribution in [0, 0.1) is 0 Å². The Morgan fingerprint density at radius 2 is 1.88 bits per heavy atom. The van der Waals surface area contributed by atoms with E-state index in [1.165, 1.54) is 6.92 Å². The fraction of sp³-hybridized carbons (Fsp3) is 0.250. The van der Waals surface area contributed by atoms with Crippen LogP contribution in [0.25, 0.3) is 0 Å². The maximum atomic E-state index is 11.5. The number of rotatable bonds is 3. The lowest BCUT2D eigenvalue weighted by Crippen LogP contribution is -2.37. The van der Waals surface area contributed by atoms with E-state index in [-0.39, 0.29) is 5.71 Å². The maximum Gasteiger partial charge on any atom is 0.319 e. The van der Waals surface area contributed by atoms with Gasteiger partial charge in [-0.05, 0) is 26.0 Å². The molecular formula is C12H12N2O3. The zero-order chi connectivity index (χ0) is 12.4. The van der Waals surface area contributed by atoms with Gasteiger partial charge in [-0.1, -0.05) is 18.2 Å². The molecule has 5 heteroatoms. The van der Waals surface area contributed by atoms with Crippen molar-refractivity contribution in [3.05, 3.63) is 30.3 Å². The number of para-hydroxylation sites is 1. The van der Waals surface area contributed by atoms with Crippen molar-refractivity contribution in [2.24, 2.45) is 5.10 Å².